The fourth-order valence-corrected chi connectivity index (χ4v) is 1.52. The molecule has 3 N–H and O–H groups in total. The lowest BCUT2D eigenvalue weighted by atomic mass is 10.1. The fourth-order valence-electron chi connectivity index (χ4n) is 1.52. The van der Waals surface area contributed by atoms with Gasteiger partial charge in [0.05, 0.1) is 0 Å². The molecule has 0 unspecified atom stereocenters. The van der Waals surface area contributed by atoms with Crippen LogP contribution in [-0.4, -0.2) is 31.6 Å². The van der Waals surface area contributed by atoms with Crippen LogP contribution in [0.3, 0.4) is 0 Å². The Bertz CT molecular complexity index is 443. The second-order valence-corrected chi connectivity index (χ2v) is 4.00. The van der Waals surface area contributed by atoms with Crippen molar-refractivity contribution in [2.45, 2.75) is 12.5 Å². The van der Waals surface area contributed by atoms with E-state index >= 15 is 0 Å². The Morgan fingerprint density at radius 1 is 1.37 bits per heavy atom. The lowest BCUT2D eigenvalue weighted by Gasteiger charge is -2.13. The van der Waals surface area contributed by atoms with Crippen LogP contribution in [0.2, 0.25) is 0 Å². The molecule has 0 radical (unpaired) electrons. The van der Waals surface area contributed by atoms with Gasteiger partial charge in [-0.3, -0.25) is 9.59 Å². The quantitative estimate of drug-likeness (QED) is 0.759. The molecule has 0 heterocycles. The molecule has 0 aliphatic heterocycles. The van der Waals surface area contributed by atoms with Gasteiger partial charge in [0.2, 0.25) is 11.8 Å². The smallest absolute Gasteiger partial charge is 0.246 e. The number of carbonyl (C=O) groups is 2. The minimum atomic E-state index is -0.720. The first-order chi connectivity index (χ1) is 9.13. The zero-order chi connectivity index (χ0) is 14.1. The van der Waals surface area contributed by atoms with E-state index in [9.17, 15) is 9.59 Å². The number of methoxy groups -OCH3 is 1. The predicted octanol–water partition coefficient (Wildman–Crippen LogP) is 0.706. The first kappa shape index (κ1) is 14.9. The van der Waals surface area contributed by atoms with Gasteiger partial charge in [-0.25, -0.2) is 0 Å². The monoisotopic (exact) mass is 262 g/mol. The van der Waals surface area contributed by atoms with Gasteiger partial charge in [-0.15, -0.1) is 0 Å². The van der Waals surface area contributed by atoms with Crippen LogP contribution in [0.5, 0.6) is 0 Å². The van der Waals surface area contributed by atoms with Gasteiger partial charge in [-0.2, -0.15) is 0 Å². The van der Waals surface area contributed by atoms with Gasteiger partial charge in [0.15, 0.2) is 0 Å². The molecule has 0 fully saturated rings. The van der Waals surface area contributed by atoms with Crippen LogP contribution >= 0.6 is 0 Å². The Hall–Kier alpha value is -2.14. The molecule has 1 atom stereocenters. The minimum Gasteiger partial charge on any atom is -0.375 e. The molecule has 1 aromatic carbocycles. The van der Waals surface area contributed by atoms with E-state index in [4.69, 9.17) is 5.73 Å². The van der Waals surface area contributed by atoms with Gasteiger partial charge in [-0.1, -0.05) is 42.5 Å². The first-order valence-corrected chi connectivity index (χ1v) is 5.92. The summed E-state index contributed by atoms with van der Waals surface area (Å²) in [5, 5.41) is 2.51. The molecule has 0 saturated heterocycles. The number of carbonyl (C=O) groups excluding carboxylic acids is 2. The van der Waals surface area contributed by atoms with E-state index in [1.54, 1.807) is 6.08 Å². The van der Waals surface area contributed by atoms with Gasteiger partial charge < -0.3 is 15.8 Å². The van der Waals surface area contributed by atoms with Crippen molar-refractivity contribution in [2.24, 2.45) is 5.73 Å². The molecule has 1 rings (SSSR count). The SMILES string of the molecule is COCC(=O)N[C@@H](C/C=C/c1ccccc1)C(N)=O. The molecule has 0 saturated carbocycles. The van der Waals surface area contributed by atoms with Gasteiger partial charge in [0.25, 0.3) is 0 Å². The van der Waals surface area contributed by atoms with Crippen molar-refractivity contribution in [2.75, 3.05) is 13.7 Å². The first-order valence-electron chi connectivity index (χ1n) is 5.92. The summed E-state index contributed by atoms with van der Waals surface area (Å²) in [7, 11) is 1.41. The number of nitrogens with two attached hydrogens (primary N) is 1. The van der Waals surface area contributed by atoms with E-state index in [1.165, 1.54) is 7.11 Å². The average Bonchev–Trinajstić information content (AvgIpc) is 2.39. The number of benzene rings is 1. The van der Waals surface area contributed by atoms with Crippen LogP contribution in [0.15, 0.2) is 36.4 Å². The second-order valence-electron chi connectivity index (χ2n) is 4.00. The van der Waals surface area contributed by atoms with Crippen LogP contribution in [0.1, 0.15) is 12.0 Å². The van der Waals surface area contributed by atoms with Crippen molar-refractivity contribution in [3.63, 3.8) is 0 Å². The van der Waals surface area contributed by atoms with Gasteiger partial charge in [-0.05, 0) is 12.0 Å². The average molecular weight is 262 g/mol. The van der Waals surface area contributed by atoms with E-state index in [0.717, 1.165) is 5.56 Å². The van der Waals surface area contributed by atoms with E-state index in [0.29, 0.717) is 6.42 Å². The van der Waals surface area contributed by atoms with Gasteiger partial charge in [0, 0.05) is 7.11 Å². The maximum atomic E-state index is 11.3. The van der Waals surface area contributed by atoms with E-state index in [1.807, 2.05) is 36.4 Å². The molecule has 0 bridgehead atoms. The zero-order valence-corrected chi connectivity index (χ0v) is 10.8. The molecule has 5 nitrogen and oxygen atoms in total. The third kappa shape index (κ3) is 5.83. The number of amides is 2. The Kier molecular flexibility index (Phi) is 6.32. The van der Waals surface area contributed by atoms with Crippen LogP contribution in [0.4, 0.5) is 0 Å². The molecular weight excluding hydrogens is 244 g/mol. The number of primary amides is 1. The number of hydrogen-bond donors (Lipinski definition) is 2. The lowest BCUT2D eigenvalue weighted by molar-refractivity contribution is -0.129. The predicted molar refractivity (Wildman–Crippen MR) is 73.1 cm³/mol. The summed E-state index contributed by atoms with van der Waals surface area (Å²) in [6.45, 7) is -0.0911. The fraction of sp³-hybridized carbons (Fsp3) is 0.286. The minimum absolute atomic E-state index is 0.0911. The van der Waals surface area contributed by atoms with Crippen molar-refractivity contribution in [1.82, 2.24) is 5.32 Å². The Morgan fingerprint density at radius 3 is 2.63 bits per heavy atom. The third-order valence-corrected chi connectivity index (χ3v) is 2.44. The summed E-state index contributed by atoms with van der Waals surface area (Å²) >= 11 is 0. The maximum Gasteiger partial charge on any atom is 0.246 e. The van der Waals surface area contributed by atoms with Crippen molar-refractivity contribution >= 4 is 17.9 Å². The molecule has 0 aliphatic rings. The highest BCUT2D eigenvalue weighted by molar-refractivity contribution is 5.87. The highest BCUT2D eigenvalue weighted by Gasteiger charge is 2.15. The standard InChI is InChI=1S/C14H18N2O3/c1-19-10-13(17)16-12(14(15)18)9-5-8-11-6-3-2-4-7-11/h2-8,12H,9-10H2,1H3,(H2,15,18)(H,16,17)/b8-5+/t12-/m0/s1. The number of rotatable bonds is 7. The number of hydrogen-bond acceptors (Lipinski definition) is 3. The van der Waals surface area contributed by atoms with Gasteiger partial charge >= 0.3 is 0 Å². The van der Waals surface area contributed by atoms with E-state index < -0.39 is 11.9 Å². The Balaban J connectivity index is 2.52. The molecule has 19 heavy (non-hydrogen) atoms. The normalized spacial score (nSPS) is 12.3. The third-order valence-electron chi connectivity index (χ3n) is 2.44. The van der Waals surface area contributed by atoms with Crippen molar-refractivity contribution in [1.29, 1.82) is 0 Å². The molecule has 0 aromatic heterocycles. The molecule has 102 valence electrons. The second kappa shape index (κ2) is 8.05. The molecule has 0 aliphatic carbocycles. The largest absolute Gasteiger partial charge is 0.375 e. The van der Waals surface area contributed by atoms with Crippen LogP contribution < -0.4 is 11.1 Å². The summed E-state index contributed by atoms with van der Waals surface area (Å²) in [5.74, 6) is -0.929. The lowest BCUT2D eigenvalue weighted by Crippen LogP contribution is -2.45. The highest BCUT2D eigenvalue weighted by atomic mass is 16.5. The molecule has 1 aromatic rings. The topological polar surface area (TPSA) is 81.4 Å². The van der Waals surface area contributed by atoms with E-state index in [2.05, 4.69) is 10.1 Å². The van der Waals surface area contributed by atoms with Crippen molar-refractivity contribution < 1.29 is 14.3 Å². The van der Waals surface area contributed by atoms with Gasteiger partial charge in [0.1, 0.15) is 12.6 Å². The van der Waals surface area contributed by atoms with Crippen LogP contribution in [-0.2, 0) is 14.3 Å². The molecule has 2 amide bonds. The number of ether oxygens (including phenoxy) is 1. The summed E-state index contributed by atoms with van der Waals surface area (Å²) in [4.78, 5) is 22.5. The zero-order valence-electron chi connectivity index (χ0n) is 10.8. The maximum absolute atomic E-state index is 11.3. The van der Waals surface area contributed by atoms with Crippen molar-refractivity contribution in [3.05, 3.63) is 42.0 Å². The Morgan fingerprint density at radius 2 is 2.05 bits per heavy atom. The van der Waals surface area contributed by atoms with Crippen LogP contribution in [0, 0.1) is 0 Å². The summed E-state index contributed by atoms with van der Waals surface area (Å²) < 4.78 is 4.68. The number of nitrogens with one attached hydrogen (secondary N) is 1. The van der Waals surface area contributed by atoms with Crippen molar-refractivity contribution in [3.8, 4) is 0 Å². The Labute approximate surface area is 112 Å². The van der Waals surface area contributed by atoms with Crippen LogP contribution in [0.25, 0.3) is 6.08 Å². The summed E-state index contributed by atoms with van der Waals surface area (Å²) in [6.07, 6.45) is 4.02. The summed E-state index contributed by atoms with van der Waals surface area (Å²) in [6, 6.07) is 8.94. The molecular formula is C14H18N2O3. The van der Waals surface area contributed by atoms with E-state index in [-0.39, 0.29) is 12.5 Å². The molecule has 5 heteroatoms. The highest BCUT2D eigenvalue weighted by Crippen LogP contribution is 2.03. The molecule has 0 spiro atoms. The summed E-state index contributed by atoms with van der Waals surface area (Å²) in [5.41, 5.74) is 6.25.